The van der Waals surface area contributed by atoms with E-state index in [2.05, 4.69) is 24.7 Å². The molecule has 0 radical (unpaired) electrons. The highest BCUT2D eigenvalue weighted by Crippen LogP contribution is 2.32. The van der Waals surface area contributed by atoms with Crippen LogP contribution in [0.4, 0.5) is 15.0 Å². The summed E-state index contributed by atoms with van der Waals surface area (Å²) in [5, 5.41) is 0.0836. The molecule has 0 unspecified atom stereocenters. The summed E-state index contributed by atoms with van der Waals surface area (Å²) in [7, 11) is 0. The van der Waals surface area contributed by atoms with Crippen molar-refractivity contribution in [1.29, 1.82) is 0 Å². The van der Waals surface area contributed by atoms with Gasteiger partial charge in [-0.25, -0.2) is 20.7 Å². The van der Waals surface area contributed by atoms with Crippen LogP contribution in [0.25, 0.3) is 15.7 Å². The number of carbonyl (C=O) groups excluding carboxylic acids is 1. The molecule has 3 atom stereocenters. The Balaban J connectivity index is 1.16. The first-order valence-corrected chi connectivity index (χ1v) is 14.4. The number of fused-ring (bicyclic) bond motifs is 3. The molecule has 2 aromatic heterocycles. The summed E-state index contributed by atoms with van der Waals surface area (Å²) >= 11 is 5.99. The van der Waals surface area contributed by atoms with E-state index in [1.54, 1.807) is 4.90 Å². The lowest BCUT2D eigenvalue weighted by Crippen LogP contribution is -2.56. The molecular formula is C29H31ClFN7O4. The molecule has 0 aliphatic carbocycles. The zero-order valence-electron chi connectivity index (χ0n) is 23.0. The lowest BCUT2D eigenvalue weighted by Gasteiger charge is -2.39. The smallest absolute Gasteiger partial charge is 0.410 e. The van der Waals surface area contributed by atoms with Crippen molar-refractivity contribution < 1.29 is 23.4 Å². The molecule has 220 valence electrons. The molecule has 6 rings (SSSR count). The fourth-order valence-corrected chi connectivity index (χ4v) is 5.98. The quantitative estimate of drug-likeness (QED) is 0.208. The average molecular weight is 596 g/mol. The van der Waals surface area contributed by atoms with Crippen LogP contribution < -0.4 is 9.64 Å². The minimum Gasteiger partial charge on any atom is -0.463 e. The fraction of sp³-hybridized carbons (Fsp3) is 0.483. The molecular weight excluding hydrogens is 565 g/mol. The van der Waals surface area contributed by atoms with Crippen LogP contribution >= 0.6 is 11.6 Å². The molecule has 3 saturated heterocycles. The Labute approximate surface area is 248 Å². The molecule has 3 aliphatic rings. The van der Waals surface area contributed by atoms with Crippen LogP contribution in [-0.4, -0.2) is 102 Å². The number of amides is 1. The van der Waals surface area contributed by atoms with Crippen molar-refractivity contribution >= 4 is 34.4 Å². The third-order valence-electron chi connectivity index (χ3n) is 7.96. The number of piperazine rings is 1. The maximum atomic E-state index is 15.1. The fourth-order valence-electron chi connectivity index (χ4n) is 5.84. The van der Waals surface area contributed by atoms with Crippen LogP contribution in [0, 0.1) is 12.4 Å². The number of anilines is 1. The molecule has 3 fully saturated rings. The highest BCUT2D eigenvalue weighted by atomic mass is 35.5. The summed E-state index contributed by atoms with van der Waals surface area (Å²) in [6.45, 7) is 11.6. The Hall–Kier alpha value is -3.79. The second-order valence-corrected chi connectivity index (χ2v) is 11.0. The van der Waals surface area contributed by atoms with E-state index in [1.165, 1.54) is 6.20 Å². The zero-order chi connectivity index (χ0) is 29.1. The van der Waals surface area contributed by atoms with Gasteiger partial charge in [-0.2, -0.15) is 9.97 Å². The van der Waals surface area contributed by atoms with E-state index < -0.39 is 18.0 Å². The number of carbonyl (C=O) groups is 1. The lowest BCUT2D eigenvalue weighted by atomic mass is 10.1. The monoisotopic (exact) mass is 595 g/mol. The van der Waals surface area contributed by atoms with Gasteiger partial charge < -0.3 is 24.0 Å². The number of aromatic nitrogens is 3. The number of halogens is 2. The molecule has 0 saturated carbocycles. The lowest BCUT2D eigenvalue weighted by molar-refractivity contribution is 0.0287. The maximum Gasteiger partial charge on any atom is 0.410 e. The van der Waals surface area contributed by atoms with E-state index in [-0.39, 0.29) is 36.4 Å². The largest absolute Gasteiger partial charge is 0.463 e. The summed E-state index contributed by atoms with van der Waals surface area (Å²) < 4.78 is 32.2. The van der Waals surface area contributed by atoms with Crippen LogP contribution in [0.1, 0.15) is 18.4 Å². The van der Waals surface area contributed by atoms with E-state index in [4.69, 9.17) is 32.4 Å². The number of morpholine rings is 1. The van der Waals surface area contributed by atoms with Crippen molar-refractivity contribution in [2.24, 2.45) is 0 Å². The summed E-state index contributed by atoms with van der Waals surface area (Å²) in [6, 6.07) is 9.47. The normalized spacial score (nSPS) is 22.0. The first-order valence-electron chi connectivity index (χ1n) is 14.1. The number of nitrogens with zero attached hydrogens (tertiary/aromatic N) is 7. The van der Waals surface area contributed by atoms with Gasteiger partial charge in [0.25, 0.3) is 0 Å². The molecule has 2 bridgehead atoms. The van der Waals surface area contributed by atoms with E-state index in [0.29, 0.717) is 43.0 Å². The molecule has 3 aliphatic heterocycles. The Morgan fingerprint density at radius 2 is 2.07 bits per heavy atom. The Morgan fingerprint density at radius 3 is 2.83 bits per heavy atom. The minimum absolute atomic E-state index is 0.00966. The number of hydrogen-bond acceptors (Lipinski definition) is 9. The standard InChI is InChI=1S/C29H31ClFN7O4/c1-32-13-21-15-37(9-10-38(21)29(39)42-17-19-6-3-2-4-7-19)27-23-14-33-26(30)24(31)25(23)34-28(35-27)40-11-5-8-36-16-22-12-20(36)18-41-22/h2-4,6-7,14,20-22H,5,8-13,15-18H2/t20-,21-,22-/m0/s1. The molecule has 0 N–H and O–H groups in total. The Morgan fingerprint density at radius 1 is 1.21 bits per heavy atom. The zero-order valence-corrected chi connectivity index (χ0v) is 23.7. The molecule has 1 aromatic carbocycles. The van der Waals surface area contributed by atoms with Gasteiger partial charge in [-0.15, -0.1) is 0 Å². The molecule has 0 spiro atoms. The van der Waals surface area contributed by atoms with Crippen LogP contribution in [0.3, 0.4) is 0 Å². The maximum absolute atomic E-state index is 15.1. The van der Waals surface area contributed by atoms with E-state index in [1.807, 2.05) is 35.2 Å². The predicted molar refractivity (Wildman–Crippen MR) is 153 cm³/mol. The molecule has 5 heterocycles. The van der Waals surface area contributed by atoms with Gasteiger partial charge in [0, 0.05) is 45.0 Å². The summed E-state index contributed by atoms with van der Waals surface area (Å²) in [4.78, 5) is 35.4. The van der Waals surface area contributed by atoms with Gasteiger partial charge in [0.2, 0.25) is 6.54 Å². The highest BCUT2D eigenvalue weighted by molar-refractivity contribution is 6.30. The second-order valence-electron chi connectivity index (χ2n) is 10.7. The van der Waals surface area contributed by atoms with Gasteiger partial charge in [0.15, 0.2) is 11.0 Å². The second kappa shape index (κ2) is 12.6. The SMILES string of the molecule is [C-]#[N+]C[C@H]1CN(c2nc(OCCCN3C[C@@H]4C[C@H]3CO4)nc3c(F)c(Cl)ncc23)CCN1C(=O)OCc1ccccc1. The van der Waals surface area contributed by atoms with E-state index >= 15 is 4.39 Å². The first kappa shape index (κ1) is 28.3. The van der Waals surface area contributed by atoms with E-state index in [9.17, 15) is 4.79 Å². The number of rotatable bonds is 9. The summed E-state index contributed by atoms with van der Waals surface area (Å²) in [5.74, 6) is -0.337. The van der Waals surface area contributed by atoms with Crippen molar-refractivity contribution in [1.82, 2.24) is 24.8 Å². The average Bonchev–Trinajstić information content (AvgIpc) is 3.64. The number of benzene rings is 1. The van der Waals surface area contributed by atoms with Gasteiger partial charge in [0.1, 0.15) is 24.0 Å². The molecule has 1 amide bonds. The number of pyridine rings is 1. The Kier molecular flexibility index (Phi) is 8.51. The molecule has 11 nitrogen and oxygen atoms in total. The van der Waals surface area contributed by atoms with Crippen molar-refractivity contribution in [2.75, 3.05) is 57.4 Å². The van der Waals surface area contributed by atoms with Crippen LogP contribution in [0.15, 0.2) is 36.5 Å². The Bertz CT molecular complexity index is 1480. The van der Waals surface area contributed by atoms with Gasteiger partial charge in [-0.05, 0) is 18.4 Å². The van der Waals surface area contributed by atoms with Gasteiger partial charge in [0.05, 0.1) is 24.7 Å². The molecule has 42 heavy (non-hydrogen) atoms. The molecule has 3 aromatic rings. The molecule has 13 heteroatoms. The summed E-state index contributed by atoms with van der Waals surface area (Å²) in [5.41, 5.74) is 0.886. The van der Waals surface area contributed by atoms with Crippen LogP contribution in [0.2, 0.25) is 5.15 Å². The van der Waals surface area contributed by atoms with E-state index in [0.717, 1.165) is 38.1 Å². The number of ether oxygens (including phenoxy) is 3. The third kappa shape index (κ3) is 6.04. The number of hydrogen-bond donors (Lipinski definition) is 0. The first-order chi connectivity index (χ1) is 20.5. The van der Waals surface area contributed by atoms with Gasteiger partial charge in [-0.3, -0.25) is 9.80 Å². The van der Waals surface area contributed by atoms with Crippen molar-refractivity contribution in [2.45, 2.75) is 37.6 Å². The van der Waals surface area contributed by atoms with Crippen molar-refractivity contribution in [3.05, 3.63) is 64.5 Å². The van der Waals surface area contributed by atoms with Crippen molar-refractivity contribution in [3.8, 4) is 6.01 Å². The third-order valence-corrected chi connectivity index (χ3v) is 8.22. The highest BCUT2D eigenvalue weighted by Gasteiger charge is 2.38. The van der Waals surface area contributed by atoms with Crippen LogP contribution in [0.5, 0.6) is 6.01 Å². The van der Waals surface area contributed by atoms with Gasteiger partial charge >= 0.3 is 12.1 Å². The topological polar surface area (TPSA) is 97.5 Å². The summed E-state index contributed by atoms with van der Waals surface area (Å²) in [6.07, 6.45) is 3.13. The van der Waals surface area contributed by atoms with Crippen molar-refractivity contribution in [3.63, 3.8) is 0 Å². The number of likely N-dealkylation sites (tertiary alicyclic amines) is 1. The van der Waals surface area contributed by atoms with Gasteiger partial charge in [-0.1, -0.05) is 41.9 Å². The van der Waals surface area contributed by atoms with Crippen LogP contribution in [-0.2, 0) is 16.1 Å². The minimum atomic E-state index is -0.753. The predicted octanol–water partition coefficient (Wildman–Crippen LogP) is 3.81.